The second-order valence-corrected chi connectivity index (χ2v) is 5.91. The van der Waals surface area contributed by atoms with Gasteiger partial charge < -0.3 is 4.74 Å². The van der Waals surface area contributed by atoms with Gasteiger partial charge in [-0.05, 0) is 18.9 Å². The zero-order chi connectivity index (χ0) is 16.3. The number of hydrogen-bond donors (Lipinski definition) is 2. The minimum atomic E-state index is -0.454. The van der Waals surface area contributed by atoms with Crippen molar-refractivity contribution in [3.8, 4) is 0 Å². The van der Waals surface area contributed by atoms with Crippen LogP contribution in [0.5, 0.6) is 0 Å². The van der Waals surface area contributed by atoms with Crippen molar-refractivity contribution in [2.75, 3.05) is 13.2 Å². The molecule has 0 aliphatic carbocycles. The Hall–Kier alpha value is -2.54. The number of H-pyrrole nitrogens is 1. The number of aromatic nitrogens is 2. The molecule has 0 saturated carbocycles. The molecule has 2 aromatic rings. The summed E-state index contributed by atoms with van der Waals surface area (Å²) in [7, 11) is 0. The normalized spacial score (nSPS) is 17.4. The summed E-state index contributed by atoms with van der Waals surface area (Å²) in [6, 6.07) is 6.84. The van der Waals surface area contributed by atoms with Crippen LogP contribution in [-0.4, -0.2) is 35.5 Å². The third-order valence-corrected chi connectivity index (χ3v) is 4.09. The summed E-state index contributed by atoms with van der Waals surface area (Å²) in [4.78, 5) is 24.0. The Labute approximate surface area is 132 Å². The van der Waals surface area contributed by atoms with Crippen LogP contribution in [-0.2, 0) is 4.74 Å². The van der Waals surface area contributed by atoms with Crippen molar-refractivity contribution in [2.45, 2.75) is 19.8 Å². The average molecular weight is 314 g/mol. The van der Waals surface area contributed by atoms with Crippen molar-refractivity contribution in [2.24, 2.45) is 10.5 Å². The Bertz CT molecular complexity index is 806. The largest absolute Gasteiger partial charge is 0.381 e. The first kappa shape index (κ1) is 15.4. The van der Waals surface area contributed by atoms with Crippen LogP contribution in [0.4, 0.5) is 0 Å². The first-order valence-corrected chi connectivity index (χ1v) is 7.49. The van der Waals surface area contributed by atoms with E-state index < -0.39 is 5.91 Å². The van der Waals surface area contributed by atoms with Gasteiger partial charge in [0.05, 0.1) is 5.39 Å². The van der Waals surface area contributed by atoms with E-state index in [0.717, 1.165) is 12.8 Å². The van der Waals surface area contributed by atoms with Crippen molar-refractivity contribution < 1.29 is 9.53 Å². The monoisotopic (exact) mass is 314 g/mol. The lowest BCUT2D eigenvalue weighted by Crippen LogP contribution is -2.30. The van der Waals surface area contributed by atoms with Gasteiger partial charge in [-0.15, -0.1) is 0 Å². The number of rotatable bonds is 3. The Kier molecular flexibility index (Phi) is 4.20. The van der Waals surface area contributed by atoms with Crippen LogP contribution < -0.4 is 11.0 Å². The molecule has 1 aliphatic heterocycles. The topological polar surface area (TPSA) is 96.4 Å². The number of ether oxygens (including phenoxy) is 1. The van der Waals surface area contributed by atoms with E-state index >= 15 is 0 Å². The molecule has 0 spiro atoms. The quantitative estimate of drug-likeness (QED) is 0.662. The molecule has 7 heteroatoms. The van der Waals surface area contributed by atoms with E-state index in [4.69, 9.17) is 4.74 Å². The molecule has 2 N–H and O–H groups in total. The number of fused-ring (bicyclic) bond motifs is 1. The molecule has 0 atom stereocenters. The molecule has 1 aromatic heterocycles. The lowest BCUT2D eigenvalue weighted by atomic mass is 9.84. The molecular weight excluding hydrogens is 296 g/mol. The Morgan fingerprint density at radius 1 is 1.35 bits per heavy atom. The maximum atomic E-state index is 12.3. The molecule has 0 unspecified atom stereocenters. The fourth-order valence-corrected chi connectivity index (χ4v) is 2.55. The highest BCUT2D eigenvalue weighted by Crippen LogP contribution is 2.27. The van der Waals surface area contributed by atoms with E-state index in [2.05, 4.69) is 27.6 Å². The predicted molar refractivity (Wildman–Crippen MR) is 86.5 cm³/mol. The zero-order valence-corrected chi connectivity index (χ0v) is 12.8. The van der Waals surface area contributed by atoms with Gasteiger partial charge in [0.2, 0.25) is 0 Å². The van der Waals surface area contributed by atoms with Crippen LogP contribution in [0.1, 0.15) is 30.3 Å². The number of nitrogens with one attached hydrogen (secondary N) is 2. The molecule has 1 aromatic carbocycles. The Morgan fingerprint density at radius 3 is 2.78 bits per heavy atom. The molecule has 7 nitrogen and oxygen atoms in total. The summed E-state index contributed by atoms with van der Waals surface area (Å²) < 4.78 is 5.33. The number of nitrogens with zero attached hydrogens (tertiary/aromatic N) is 2. The van der Waals surface area contributed by atoms with Crippen LogP contribution >= 0.6 is 0 Å². The molecule has 120 valence electrons. The summed E-state index contributed by atoms with van der Waals surface area (Å²) in [5, 5.41) is 11.2. The molecule has 0 bridgehead atoms. The number of aromatic amines is 1. The Balaban J connectivity index is 1.79. The second kappa shape index (κ2) is 6.29. The number of amides is 1. The third kappa shape index (κ3) is 3.29. The number of hydrogen-bond acceptors (Lipinski definition) is 5. The maximum absolute atomic E-state index is 12.3. The lowest BCUT2D eigenvalue weighted by molar-refractivity contribution is 0.0540. The van der Waals surface area contributed by atoms with Gasteiger partial charge in [-0.3, -0.25) is 9.59 Å². The van der Waals surface area contributed by atoms with E-state index in [0.29, 0.717) is 24.0 Å². The lowest BCUT2D eigenvalue weighted by Gasteiger charge is -2.29. The van der Waals surface area contributed by atoms with Crippen LogP contribution in [0.15, 0.2) is 34.2 Å². The van der Waals surface area contributed by atoms with Gasteiger partial charge in [0.1, 0.15) is 0 Å². The van der Waals surface area contributed by atoms with Crippen LogP contribution in [0.25, 0.3) is 10.8 Å². The molecule has 0 radical (unpaired) electrons. The van der Waals surface area contributed by atoms with E-state index in [1.165, 1.54) is 0 Å². The first-order valence-electron chi connectivity index (χ1n) is 7.49. The van der Waals surface area contributed by atoms with E-state index in [9.17, 15) is 9.59 Å². The molecule has 23 heavy (non-hydrogen) atoms. The molecule has 1 amide bonds. The third-order valence-electron chi connectivity index (χ3n) is 4.09. The van der Waals surface area contributed by atoms with Gasteiger partial charge in [0.25, 0.3) is 11.5 Å². The first-order chi connectivity index (χ1) is 11.1. The highest BCUT2D eigenvalue weighted by Gasteiger charge is 2.25. The van der Waals surface area contributed by atoms with Gasteiger partial charge in [-0.1, -0.05) is 25.1 Å². The highest BCUT2D eigenvalue weighted by molar-refractivity contribution is 6.04. The highest BCUT2D eigenvalue weighted by atomic mass is 16.5. The standard InChI is InChI=1S/C16H18N4O3/c1-16(6-8-23-9-7-16)10-17-19-15(22)13-11-4-2-3-5-12(11)14(21)20-18-13/h2-5,10H,6-9H2,1H3,(H,19,22)(H,20,21)/b17-10+. The number of benzene rings is 1. The van der Waals surface area contributed by atoms with Crippen molar-refractivity contribution in [1.82, 2.24) is 15.6 Å². The Morgan fingerprint density at radius 2 is 2.04 bits per heavy atom. The summed E-state index contributed by atoms with van der Waals surface area (Å²) in [5.41, 5.74) is 2.23. The molecular formula is C16H18N4O3. The van der Waals surface area contributed by atoms with Crippen LogP contribution in [0.3, 0.4) is 0 Å². The van der Waals surface area contributed by atoms with Gasteiger partial charge in [-0.2, -0.15) is 10.2 Å². The van der Waals surface area contributed by atoms with Gasteiger partial charge >= 0.3 is 0 Å². The van der Waals surface area contributed by atoms with Gasteiger partial charge in [0.15, 0.2) is 5.69 Å². The number of carbonyl (C=O) groups is 1. The SMILES string of the molecule is CC1(/C=N/NC(=O)c2n[nH]c(=O)c3ccccc23)CCOCC1. The maximum Gasteiger partial charge on any atom is 0.292 e. The minimum Gasteiger partial charge on any atom is -0.381 e. The summed E-state index contributed by atoms with van der Waals surface area (Å²) in [6.45, 7) is 3.48. The molecule has 3 rings (SSSR count). The smallest absolute Gasteiger partial charge is 0.292 e. The zero-order valence-electron chi connectivity index (χ0n) is 12.8. The summed E-state index contributed by atoms with van der Waals surface area (Å²) >= 11 is 0. The average Bonchev–Trinajstić information content (AvgIpc) is 2.56. The van der Waals surface area contributed by atoms with Crippen LogP contribution in [0.2, 0.25) is 0 Å². The van der Waals surface area contributed by atoms with Crippen molar-refractivity contribution >= 4 is 22.9 Å². The van der Waals surface area contributed by atoms with Gasteiger partial charge in [-0.25, -0.2) is 10.5 Å². The molecule has 1 aliphatic rings. The van der Waals surface area contributed by atoms with E-state index in [1.54, 1.807) is 30.5 Å². The van der Waals surface area contributed by atoms with Crippen molar-refractivity contribution in [1.29, 1.82) is 0 Å². The number of hydrazone groups is 1. The fourth-order valence-electron chi connectivity index (χ4n) is 2.55. The van der Waals surface area contributed by atoms with Gasteiger partial charge in [0, 0.05) is 30.2 Å². The molecule has 1 fully saturated rings. The van der Waals surface area contributed by atoms with E-state index in [-0.39, 0.29) is 16.7 Å². The molecule has 2 heterocycles. The predicted octanol–water partition coefficient (Wildman–Crippen LogP) is 1.46. The minimum absolute atomic E-state index is 0.0774. The van der Waals surface area contributed by atoms with Crippen LogP contribution in [0, 0.1) is 5.41 Å². The number of carbonyl (C=O) groups excluding carboxylic acids is 1. The van der Waals surface area contributed by atoms with Crippen molar-refractivity contribution in [3.05, 3.63) is 40.3 Å². The van der Waals surface area contributed by atoms with Crippen molar-refractivity contribution in [3.63, 3.8) is 0 Å². The summed E-state index contributed by atoms with van der Waals surface area (Å²) in [6.07, 6.45) is 3.49. The second-order valence-electron chi connectivity index (χ2n) is 5.91. The summed E-state index contributed by atoms with van der Waals surface area (Å²) in [5.74, 6) is -0.454. The fraction of sp³-hybridized carbons (Fsp3) is 0.375. The van der Waals surface area contributed by atoms with E-state index in [1.807, 2.05) is 0 Å². The molecule has 1 saturated heterocycles.